The Morgan fingerprint density at radius 1 is 1.25 bits per heavy atom. The summed E-state index contributed by atoms with van der Waals surface area (Å²) in [6.07, 6.45) is 3.02. The average molecular weight is 494 g/mol. The molecule has 1 fully saturated rings. The van der Waals surface area contributed by atoms with E-state index in [2.05, 4.69) is 4.99 Å². The molecule has 3 aromatic rings. The van der Waals surface area contributed by atoms with E-state index in [1.807, 2.05) is 17.7 Å². The molecule has 1 aliphatic rings. The summed E-state index contributed by atoms with van der Waals surface area (Å²) in [5.74, 6) is -0.0231. The van der Waals surface area contributed by atoms with Crippen molar-refractivity contribution in [3.05, 3.63) is 58.6 Å². The predicted octanol–water partition coefficient (Wildman–Crippen LogP) is 3.79. The maximum Gasteiger partial charge on any atom is 0.266 e. The number of aryl methyl sites for hydroxylation is 2. The number of fused-ring (bicyclic) bond motifs is 1. The van der Waals surface area contributed by atoms with Crippen LogP contribution in [0, 0.1) is 12.7 Å². The lowest BCUT2D eigenvalue weighted by Crippen LogP contribution is -2.40. The van der Waals surface area contributed by atoms with Crippen LogP contribution in [-0.2, 0) is 21.4 Å². The second-order valence-electron chi connectivity index (χ2n) is 7.68. The number of hydrogen-bond acceptors (Lipinski definition) is 5. The lowest BCUT2D eigenvalue weighted by atomic mass is 10.2. The van der Waals surface area contributed by atoms with Crippen LogP contribution in [0.3, 0.4) is 0 Å². The first-order valence-electron chi connectivity index (χ1n) is 10.3. The molecule has 2 aromatic carbocycles. The molecule has 32 heavy (non-hydrogen) atoms. The summed E-state index contributed by atoms with van der Waals surface area (Å²) >= 11 is 2.90. The number of rotatable bonds is 6. The second-order valence-corrected chi connectivity index (χ2v) is 11.6. The summed E-state index contributed by atoms with van der Waals surface area (Å²) < 4.78 is 44.0. The molecule has 170 valence electrons. The summed E-state index contributed by atoms with van der Waals surface area (Å²) in [5, 5.41) is 0. The van der Waals surface area contributed by atoms with Crippen molar-refractivity contribution in [1.29, 1.82) is 0 Å². The van der Waals surface area contributed by atoms with Gasteiger partial charge in [0, 0.05) is 18.8 Å². The maximum atomic E-state index is 13.7. The number of hydrogen-bond donors (Lipinski definition) is 0. The van der Waals surface area contributed by atoms with Crippen LogP contribution in [0.1, 0.15) is 18.4 Å². The molecule has 0 bridgehead atoms. The third kappa shape index (κ3) is 4.54. The first-order valence-corrected chi connectivity index (χ1v) is 13.9. The van der Waals surface area contributed by atoms with Gasteiger partial charge in [0.15, 0.2) is 4.80 Å². The molecule has 0 aliphatic carbocycles. The van der Waals surface area contributed by atoms with Crippen LogP contribution in [0.4, 0.5) is 4.39 Å². The van der Waals surface area contributed by atoms with E-state index in [-0.39, 0.29) is 17.3 Å². The number of benzene rings is 2. The molecule has 0 N–H and O–H groups in total. The Hall–Kier alpha value is -2.01. The van der Waals surface area contributed by atoms with Crippen molar-refractivity contribution in [3.8, 4) is 0 Å². The van der Waals surface area contributed by atoms with Crippen LogP contribution in [0.5, 0.6) is 0 Å². The van der Waals surface area contributed by atoms with Gasteiger partial charge in [-0.05, 0) is 56.4 Å². The summed E-state index contributed by atoms with van der Waals surface area (Å²) in [5.41, 5.74) is 1.77. The largest absolute Gasteiger partial charge is 0.316 e. The third-order valence-corrected chi connectivity index (χ3v) is 9.04. The molecule has 0 radical (unpaired) electrons. The number of carbonyl (C=O) groups is 1. The van der Waals surface area contributed by atoms with Crippen LogP contribution in [0.25, 0.3) is 10.2 Å². The highest BCUT2D eigenvalue weighted by atomic mass is 32.2. The van der Waals surface area contributed by atoms with Crippen LogP contribution >= 0.6 is 23.1 Å². The van der Waals surface area contributed by atoms with E-state index in [9.17, 15) is 17.6 Å². The van der Waals surface area contributed by atoms with Crippen molar-refractivity contribution in [1.82, 2.24) is 8.87 Å². The number of aromatic nitrogens is 1. The molecular formula is C22H24FN3O3S3. The van der Waals surface area contributed by atoms with Gasteiger partial charge in [-0.2, -0.15) is 21.1 Å². The van der Waals surface area contributed by atoms with Crippen molar-refractivity contribution < 1.29 is 17.6 Å². The monoisotopic (exact) mass is 493 g/mol. The SMILES string of the molecule is CSCCn1c(=NC(=O)C2CCCN2S(=O)(=O)c2ccc(C)cc2)sc2cc(F)ccc21. The number of amides is 1. The molecule has 1 unspecified atom stereocenters. The van der Waals surface area contributed by atoms with E-state index < -0.39 is 22.0 Å². The average Bonchev–Trinajstić information content (AvgIpc) is 3.37. The summed E-state index contributed by atoms with van der Waals surface area (Å²) in [7, 11) is -3.80. The number of nitrogens with zero attached hydrogens (tertiary/aromatic N) is 3. The smallest absolute Gasteiger partial charge is 0.266 e. The molecule has 1 saturated heterocycles. The Kier molecular flexibility index (Phi) is 6.85. The fourth-order valence-corrected chi connectivity index (χ4v) is 6.92. The normalized spacial score (nSPS) is 18.0. The molecule has 0 saturated carbocycles. The van der Waals surface area contributed by atoms with Crippen molar-refractivity contribution in [2.45, 2.75) is 37.2 Å². The lowest BCUT2D eigenvalue weighted by Gasteiger charge is -2.21. The highest BCUT2D eigenvalue weighted by Crippen LogP contribution is 2.27. The van der Waals surface area contributed by atoms with E-state index in [1.165, 1.54) is 27.8 Å². The van der Waals surface area contributed by atoms with Gasteiger partial charge < -0.3 is 4.57 Å². The van der Waals surface area contributed by atoms with Crippen molar-refractivity contribution in [3.63, 3.8) is 0 Å². The van der Waals surface area contributed by atoms with Gasteiger partial charge in [0.1, 0.15) is 11.9 Å². The Morgan fingerprint density at radius 3 is 2.72 bits per heavy atom. The third-order valence-electron chi connectivity index (χ3n) is 5.49. The minimum absolute atomic E-state index is 0.176. The summed E-state index contributed by atoms with van der Waals surface area (Å²) in [6, 6.07) is 10.3. The summed E-state index contributed by atoms with van der Waals surface area (Å²) in [6.45, 7) is 2.79. The zero-order valence-electron chi connectivity index (χ0n) is 17.8. The van der Waals surface area contributed by atoms with Crippen molar-refractivity contribution in [2.24, 2.45) is 4.99 Å². The second kappa shape index (κ2) is 9.46. The fraction of sp³-hybridized carbons (Fsp3) is 0.364. The van der Waals surface area contributed by atoms with E-state index in [0.717, 1.165) is 16.8 Å². The molecule has 0 spiro atoms. The number of thiazole rings is 1. The Balaban J connectivity index is 1.71. The van der Waals surface area contributed by atoms with Gasteiger partial charge in [0.05, 0.1) is 15.1 Å². The van der Waals surface area contributed by atoms with Gasteiger partial charge in [0.2, 0.25) is 10.0 Å². The van der Waals surface area contributed by atoms with E-state index >= 15 is 0 Å². The van der Waals surface area contributed by atoms with E-state index in [4.69, 9.17) is 0 Å². The minimum atomic E-state index is -3.80. The highest BCUT2D eigenvalue weighted by molar-refractivity contribution is 7.98. The van der Waals surface area contributed by atoms with Crippen LogP contribution in [0.15, 0.2) is 52.4 Å². The molecule has 2 heterocycles. The molecule has 1 aliphatic heterocycles. The molecular weight excluding hydrogens is 469 g/mol. The Bertz CT molecular complexity index is 1310. The maximum absolute atomic E-state index is 13.7. The standard InChI is InChI=1S/C22H24FN3O3S3/c1-15-5-8-17(9-6-15)32(28,29)26-11-3-4-19(26)21(27)24-22-25(12-13-30-2)18-10-7-16(23)14-20(18)31-22/h5-10,14,19H,3-4,11-13H2,1-2H3. The molecule has 1 atom stereocenters. The zero-order valence-corrected chi connectivity index (χ0v) is 20.3. The number of sulfonamides is 1. The van der Waals surface area contributed by atoms with Crippen molar-refractivity contribution >= 4 is 49.2 Å². The van der Waals surface area contributed by atoms with E-state index in [1.54, 1.807) is 42.1 Å². The van der Waals surface area contributed by atoms with Crippen molar-refractivity contribution in [2.75, 3.05) is 18.6 Å². The zero-order chi connectivity index (χ0) is 22.9. The Morgan fingerprint density at radius 2 is 2.00 bits per heavy atom. The first-order chi connectivity index (χ1) is 15.3. The Labute approximate surface area is 194 Å². The lowest BCUT2D eigenvalue weighted by molar-refractivity contribution is -0.121. The van der Waals surface area contributed by atoms with Gasteiger partial charge in [0.25, 0.3) is 5.91 Å². The number of carbonyl (C=O) groups excluding carboxylic acids is 1. The molecule has 1 amide bonds. The van der Waals surface area contributed by atoms with Gasteiger partial charge >= 0.3 is 0 Å². The number of halogens is 1. The molecule has 10 heteroatoms. The fourth-order valence-electron chi connectivity index (χ4n) is 3.82. The first kappa shape index (κ1) is 23.2. The highest BCUT2D eigenvalue weighted by Gasteiger charge is 2.39. The quantitative estimate of drug-likeness (QED) is 0.524. The van der Waals surface area contributed by atoms with Gasteiger partial charge in [-0.25, -0.2) is 12.8 Å². The summed E-state index contributed by atoms with van der Waals surface area (Å²) in [4.78, 5) is 18.1. The topological polar surface area (TPSA) is 71.7 Å². The van der Waals surface area contributed by atoms with Gasteiger partial charge in [-0.1, -0.05) is 29.0 Å². The molecule has 6 nitrogen and oxygen atoms in total. The number of thioether (sulfide) groups is 1. The minimum Gasteiger partial charge on any atom is -0.316 e. The van der Waals surface area contributed by atoms with Crippen LogP contribution < -0.4 is 4.80 Å². The van der Waals surface area contributed by atoms with Gasteiger partial charge in [-0.3, -0.25) is 4.79 Å². The predicted molar refractivity (Wildman–Crippen MR) is 127 cm³/mol. The van der Waals surface area contributed by atoms with E-state index in [0.29, 0.717) is 28.9 Å². The van der Waals surface area contributed by atoms with Gasteiger partial charge in [-0.15, -0.1) is 0 Å². The van der Waals surface area contributed by atoms with Crippen LogP contribution in [0.2, 0.25) is 0 Å². The van der Waals surface area contributed by atoms with Crippen LogP contribution in [-0.4, -0.2) is 47.8 Å². The molecule has 4 rings (SSSR count). The molecule has 1 aromatic heterocycles.